The molecule has 0 saturated heterocycles. The number of carbonyl (C=O) groups is 1. The first-order valence-electron chi connectivity index (χ1n) is 8.58. The van der Waals surface area contributed by atoms with Crippen molar-refractivity contribution >= 4 is 60.7 Å². The summed E-state index contributed by atoms with van der Waals surface area (Å²) in [5.41, 5.74) is 1.12. The van der Waals surface area contributed by atoms with Gasteiger partial charge in [-0.25, -0.2) is 0 Å². The van der Waals surface area contributed by atoms with Crippen LogP contribution in [0.2, 0.25) is 5.02 Å². The molecule has 29 heavy (non-hydrogen) atoms. The number of halogens is 1. The molecule has 146 valence electrons. The molecule has 4 rings (SSSR count). The van der Waals surface area contributed by atoms with Crippen LogP contribution in [0.4, 0.5) is 11.4 Å². The molecule has 0 radical (unpaired) electrons. The third kappa shape index (κ3) is 4.02. The second-order valence-electron chi connectivity index (χ2n) is 6.41. The van der Waals surface area contributed by atoms with Crippen molar-refractivity contribution in [2.75, 3.05) is 10.0 Å². The average molecular weight is 427 g/mol. The Morgan fingerprint density at radius 3 is 2.07 bits per heavy atom. The van der Waals surface area contributed by atoms with Crippen molar-refractivity contribution in [2.24, 2.45) is 0 Å². The van der Waals surface area contributed by atoms with Gasteiger partial charge in [0, 0.05) is 21.7 Å². The molecule has 1 amide bonds. The van der Waals surface area contributed by atoms with Gasteiger partial charge in [0.2, 0.25) is 0 Å². The van der Waals surface area contributed by atoms with Gasteiger partial charge in [-0.15, -0.1) is 0 Å². The first-order valence-corrected chi connectivity index (χ1v) is 10.4. The number of carbonyl (C=O) groups excluding carboxylic acids is 1. The molecule has 4 aromatic carbocycles. The monoisotopic (exact) mass is 426 g/mol. The fraction of sp³-hybridized carbons (Fsp3) is 0. The van der Waals surface area contributed by atoms with Crippen LogP contribution in [0.15, 0.2) is 72.8 Å². The zero-order valence-corrected chi connectivity index (χ0v) is 16.5. The van der Waals surface area contributed by atoms with Crippen molar-refractivity contribution in [1.29, 1.82) is 0 Å². The molecule has 0 unspecified atom stereocenters. The van der Waals surface area contributed by atoms with E-state index < -0.39 is 10.3 Å². The highest BCUT2D eigenvalue weighted by atomic mass is 35.5. The highest BCUT2D eigenvalue weighted by Gasteiger charge is 2.15. The summed E-state index contributed by atoms with van der Waals surface area (Å²) in [5.74, 6) is -0.321. The second-order valence-corrected chi connectivity index (χ2v) is 7.97. The molecule has 0 aromatic heterocycles. The molecule has 6 nitrogen and oxygen atoms in total. The molecule has 0 bridgehead atoms. The van der Waals surface area contributed by atoms with Crippen LogP contribution in [0.25, 0.3) is 21.5 Å². The van der Waals surface area contributed by atoms with E-state index in [1.807, 2.05) is 41.1 Å². The van der Waals surface area contributed by atoms with Gasteiger partial charge < -0.3 is 5.32 Å². The van der Waals surface area contributed by atoms with Gasteiger partial charge in [0.1, 0.15) is 0 Å². The summed E-state index contributed by atoms with van der Waals surface area (Å²) >= 11 is 6.36. The van der Waals surface area contributed by atoms with Crippen molar-refractivity contribution < 1.29 is 17.8 Å². The van der Waals surface area contributed by atoms with Crippen molar-refractivity contribution in [3.63, 3.8) is 0 Å². The Morgan fingerprint density at radius 1 is 0.793 bits per heavy atom. The maximum absolute atomic E-state index is 13.0. The Kier molecular flexibility index (Phi) is 4.87. The molecule has 0 aliphatic carbocycles. The predicted octanol–water partition coefficient (Wildman–Crippen LogP) is 5.11. The van der Waals surface area contributed by atoms with Gasteiger partial charge >= 0.3 is 10.3 Å². The number of nitrogens with one attached hydrogen (secondary N) is 2. The average Bonchev–Trinajstić information content (AvgIpc) is 2.68. The number of rotatable bonds is 4. The van der Waals surface area contributed by atoms with Crippen molar-refractivity contribution in [3.8, 4) is 0 Å². The third-order valence-electron chi connectivity index (χ3n) is 4.48. The van der Waals surface area contributed by atoms with Crippen LogP contribution in [0.1, 0.15) is 10.4 Å². The van der Waals surface area contributed by atoms with E-state index >= 15 is 0 Å². The quantitative estimate of drug-likeness (QED) is 0.312. The maximum Gasteiger partial charge on any atom is 0.357 e. The van der Waals surface area contributed by atoms with Crippen LogP contribution >= 0.6 is 11.6 Å². The molecule has 8 heteroatoms. The minimum atomic E-state index is -4.36. The molecule has 4 aromatic rings. The van der Waals surface area contributed by atoms with E-state index in [-0.39, 0.29) is 11.6 Å². The van der Waals surface area contributed by atoms with E-state index in [2.05, 4.69) is 5.32 Å². The van der Waals surface area contributed by atoms with Crippen LogP contribution in [0, 0.1) is 0 Å². The third-order valence-corrected chi connectivity index (χ3v) is 5.31. The van der Waals surface area contributed by atoms with Gasteiger partial charge in [0.25, 0.3) is 5.91 Å². The molecule has 0 atom stereocenters. The van der Waals surface area contributed by atoms with Crippen LogP contribution in [-0.4, -0.2) is 18.9 Å². The Hall–Kier alpha value is -3.13. The maximum atomic E-state index is 13.0. The summed E-state index contributed by atoms with van der Waals surface area (Å²) in [6.45, 7) is 0. The molecule has 0 aliphatic heterocycles. The van der Waals surface area contributed by atoms with E-state index in [1.54, 1.807) is 12.1 Å². The summed E-state index contributed by atoms with van der Waals surface area (Å²) in [4.78, 5) is 13.0. The highest BCUT2D eigenvalue weighted by molar-refractivity contribution is 7.87. The fourth-order valence-corrected chi connectivity index (χ4v) is 3.91. The number of amides is 1. The minimum Gasteiger partial charge on any atom is -0.322 e. The van der Waals surface area contributed by atoms with E-state index in [4.69, 9.17) is 16.2 Å². The van der Waals surface area contributed by atoms with E-state index in [0.29, 0.717) is 16.3 Å². The van der Waals surface area contributed by atoms with Gasteiger partial charge in [0.15, 0.2) is 0 Å². The first-order chi connectivity index (χ1) is 13.8. The van der Waals surface area contributed by atoms with Gasteiger partial charge in [-0.1, -0.05) is 48.0 Å². The molecule has 0 aliphatic rings. The summed E-state index contributed by atoms with van der Waals surface area (Å²) < 4.78 is 32.5. The zero-order chi connectivity index (χ0) is 20.6. The Morgan fingerprint density at radius 2 is 1.38 bits per heavy atom. The lowest BCUT2D eigenvalue weighted by molar-refractivity contribution is 0.102. The minimum absolute atomic E-state index is 0.174. The number of anilines is 2. The predicted molar refractivity (Wildman–Crippen MR) is 116 cm³/mol. The van der Waals surface area contributed by atoms with E-state index in [9.17, 15) is 13.2 Å². The van der Waals surface area contributed by atoms with Crippen LogP contribution in [0.5, 0.6) is 0 Å². The Labute approximate surface area is 172 Å². The number of fused-ring (bicyclic) bond motifs is 3. The molecule has 0 heterocycles. The standard InChI is InChI=1S/C21H15ClN2O4S/c22-20-7-3-6-16-15-4-1-2-5-17(15)19(12-18(16)20)21(25)23-13-8-10-14(11-9-13)24-29(26,27)28/h1-12,24H,(H,23,25)(H,26,27,28). The van der Waals surface area contributed by atoms with Crippen molar-refractivity contribution in [1.82, 2.24) is 0 Å². The van der Waals surface area contributed by atoms with Crippen molar-refractivity contribution in [2.45, 2.75) is 0 Å². The Bertz CT molecular complexity index is 1350. The summed E-state index contributed by atoms with van der Waals surface area (Å²) in [6, 6.07) is 20.9. The lowest BCUT2D eigenvalue weighted by atomic mass is 9.96. The number of hydrogen-bond acceptors (Lipinski definition) is 3. The molecule has 3 N–H and O–H groups in total. The van der Waals surface area contributed by atoms with E-state index in [1.165, 1.54) is 24.3 Å². The summed E-state index contributed by atoms with van der Waals surface area (Å²) in [6.07, 6.45) is 0. The molecule has 0 spiro atoms. The molecule has 0 saturated carbocycles. The van der Waals surface area contributed by atoms with Crippen molar-refractivity contribution in [3.05, 3.63) is 83.4 Å². The smallest absolute Gasteiger partial charge is 0.322 e. The molecule has 0 fully saturated rings. The van der Waals surface area contributed by atoms with Gasteiger partial charge in [-0.2, -0.15) is 8.42 Å². The summed E-state index contributed by atoms with van der Waals surface area (Å²) in [7, 11) is -4.36. The van der Waals surface area contributed by atoms with Crippen LogP contribution in [0.3, 0.4) is 0 Å². The normalized spacial score (nSPS) is 11.5. The topological polar surface area (TPSA) is 95.5 Å². The number of hydrogen-bond donors (Lipinski definition) is 3. The molecular weight excluding hydrogens is 412 g/mol. The zero-order valence-electron chi connectivity index (χ0n) is 14.9. The number of benzene rings is 4. The van der Waals surface area contributed by atoms with Gasteiger partial charge in [-0.3, -0.25) is 14.1 Å². The highest BCUT2D eigenvalue weighted by Crippen LogP contribution is 2.33. The lowest BCUT2D eigenvalue weighted by Crippen LogP contribution is -2.13. The molecular formula is C21H15ClN2O4S. The van der Waals surface area contributed by atoms with Crippen LogP contribution in [-0.2, 0) is 10.3 Å². The first kappa shape index (κ1) is 19.2. The second kappa shape index (κ2) is 7.36. The van der Waals surface area contributed by atoms with Crippen LogP contribution < -0.4 is 10.0 Å². The Balaban J connectivity index is 1.72. The van der Waals surface area contributed by atoms with E-state index in [0.717, 1.165) is 21.5 Å². The largest absolute Gasteiger partial charge is 0.357 e. The van der Waals surface area contributed by atoms with Gasteiger partial charge in [0.05, 0.1) is 5.69 Å². The summed E-state index contributed by atoms with van der Waals surface area (Å²) in [5, 5.41) is 6.82. The van der Waals surface area contributed by atoms with Gasteiger partial charge in [-0.05, 0) is 52.6 Å². The SMILES string of the molecule is O=C(Nc1ccc(NS(=O)(=O)O)cc1)c1cc2c(Cl)cccc2c2ccccc12. The fourth-order valence-electron chi connectivity index (χ4n) is 3.25. The lowest BCUT2D eigenvalue weighted by Gasteiger charge is -2.12.